The molecule has 0 saturated carbocycles. The summed E-state index contributed by atoms with van der Waals surface area (Å²) in [6.07, 6.45) is 5.34. The van der Waals surface area contributed by atoms with Crippen molar-refractivity contribution in [3.63, 3.8) is 0 Å². The molecule has 0 amide bonds. The molecular weight excluding hydrogens is 486 g/mol. The Balaban J connectivity index is 1.11. The summed E-state index contributed by atoms with van der Waals surface area (Å²) in [4.78, 5) is 60.9. The molecule has 2 aromatic rings. The third-order valence-corrected chi connectivity index (χ3v) is 7.67. The number of hydrogen-bond donors (Lipinski definition) is 2. The van der Waals surface area contributed by atoms with Crippen LogP contribution in [0.2, 0.25) is 0 Å². The lowest BCUT2D eigenvalue weighted by Crippen LogP contribution is -2.30. The van der Waals surface area contributed by atoms with Gasteiger partial charge in [-0.1, -0.05) is 0 Å². The van der Waals surface area contributed by atoms with Crippen molar-refractivity contribution in [2.24, 2.45) is 0 Å². The first-order valence-corrected chi connectivity index (χ1v) is 13.1. The molecule has 2 N–H and O–H groups in total. The van der Waals surface area contributed by atoms with Gasteiger partial charge in [0, 0.05) is 25.2 Å². The molecule has 0 fully saturated rings. The van der Waals surface area contributed by atoms with Crippen molar-refractivity contribution in [2.75, 3.05) is 33.2 Å². The zero-order chi connectivity index (χ0) is 25.1. The number of nitrogens with one attached hydrogen (secondary N) is 2. The van der Waals surface area contributed by atoms with Crippen LogP contribution >= 0.6 is 22.7 Å². The Morgan fingerprint density at radius 3 is 1.71 bits per heavy atom. The van der Waals surface area contributed by atoms with Crippen LogP contribution in [0.3, 0.4) is 0 Å². The number of rotatable bonds is 11. The minimum absolute atomic E-state index is 0.168. The second kappa shape index (κ2) is 10.7. The van der Waals surface area contributed by atoms with E-state index in [9.17, 15) is 19.2 Å². The predicted octanol–water partition coefficient (Wildman–Crippen LogP) is 2.72. The second-order valence-corrected chi connectivity index (χ2v) is 10.9. The molecule has 0 bridgehead atoms. The highest BCUT2D eigenvalue weighted by molar-refractivity contribution is 7.14. The standard InChI is InChI=1S/C24H27N5O4S2/c1-13-27-19-21(32)15(11-17(30)23(19)34-13)25-7-4-5-9-29(3)10-6-8-26-16-12-18(31)24-20(22(16)33)28-14(2)35-24/h11-12,25-26H,4-10H2,1-3H3. The first kappa shape index (κ1) is 25.1. The number of nitrogens with zero attached hydrogens (tertiary/aromatic N) is 3. The number of hydrogen-bond acceptors (Lipinski definition) is 11. The van der Waals surface area contributed by atoms with Crippen LogP contribution in [0.4, 0.5) is 0 Å². The van der Waals surface area contributed by atoms with Gasteiger partial charge in [0.15, 0.2) is 11.6 Å². The summed E-state index contributed by atoms with van der Waals surface area (Å²) in [7, 11) is 2.03. The summed E-state index contributed by atoms with van der Waals surface area (Å²) in [5.41, 5.74) is 1.14. The molecule has 11 heteroatoms. The maximum atomic E-state index is 12.5. The number of aromatic nitrogens is 2. The average Bonchev–Trinajstić information content (AvgIpc) is 3.41. The molecule has 0 aromatic carbocycles. The van der Waals surface area contributed by atoms with Crippen molar-refractivity contribution in [3.05, 3.63) is 54.7 Å². The molecule has 9 nitrogen and oxygen atoms in total. The summed E-state index contributed by atoms with van der Waals surface area (Å²) < 4.78 is 0. The number of carbonyl (C=O) groups is 4. The number of unbranched alkanes of at least 4 members (excludes halogenated alkanes) is 1. The quantitative estimate of drug-likeness (QED) is 0.437. The summed E-state index contributed by atoms with van der Waals surface area (Å²) in [6.45, 7) is 6.47. The maximum Gasteiger partial charge on any atom is 0.228 e. The highest BCUT2D eigenvalue weighted by Gasteiger charge is 2.30. The molecule has 0 saturated heterocycles. The highest BCUT2D eigenvalue weighted by atomic mass is 32.1. The molecule has 2 aliphatic rings. The zero-order valence-corrected chi connectivity index (χ0v) is 21.5. The molecule has 2 heterocycles. The van der Waals surface area contributed by atoms with Crippen LogP contribution in [0, 0.1) is 13.8 Å². The molecule has 4 rings (SSSR count). The Kier molecular flexibility index (Phi) is 7.68. The number of thiazole rings is 2. The van der Waals surface area contributed by atoms with E-state index >= 15 is 0 Å². The number of allylic oxidation sites excluding steroid dienone is 4. The van der Waals surface area contributed by atoms with Crippen LogP contribution in [-0.2, 0) is 0 Å². The minimum atomic E-state index is -0.223. The lowest BCUT2D eigenvalue weighted by atomic mass is 10.0. The molecule has 0 aliphatic heterocycles. The Hall–Kier alpha value is -3.02. The first-order chi connectivity index (χ1) is 16.7. The van der Waals surface area contributed by atoms with E-state index < -0.39 is 0 Å². The van der Waals surface area contributed by atoms with E-state index in [1.165, 1.54) is 34.8 Å². The predicted molar refractivity (Wildman–Crippen MR) is 135 cm³/mol. The molecule has 184 valence electrons. The van der Waals surface area contributed by atoms with Gasteiger partial charge in [0.2, 0.25) is 11.6 Å². The van der Waals surface area contributed by atoms with Gasteiger partial charge in [-0.2, -0.15) is 0 Å². The SMILES string of the molecule is Cc1nc2c(s1)C(=O)C=C(NCCCCN(C)CCCNC1=CC(=O)c3sc(C)nc3C1=O)C2=O. The summed E-state index contributed by atoms with van der Waals surface area (Å²) in [5, 5.41) is 7.59. The number of carbonyl (C=O) groups excluding carboxylic acids is 4. The summed E-state index contributed by atoms with van der Waals surface area (Å²) in [6, 6.07) is 0. The van der Waals surface area contributed by atoms with E-state index in [2.05, 4.69) is 25.5 Å². The highest BCUT2D eigenvalue weighted by Crippen LogP contribution is 2.26. The lowest BCUT2D eigenvalue weighted by molar-refractivity contribution is 0.0977. The van der Waals surface area contributed by atoms with Gasteiger partial charge < -0.3 is 15.5 Å². The van der Waals surface area contributed by atoms with Gasteiger partial charge in [0.05, 0.1) is 21.4 Å². The smallest absolute Gasteiger partial charge is 0.228 e. The van der Waals surface area contributed by atoms with E-state index in [1.54, 1.807) is 13.8 Å². The third-order valence-electron chi connectivity index (χ3n) is 5.70. The van der Waals surface area contributed by atoms with Crippen molar-refractivity contribution in [2.45, 2.75) is 33.1 Å². The van der Waals surface area contributed by atoms with Crippen LogP contribution in [-0.4, -0.2) is 71.2 Å². The van der Waals surface area contributed by atoms with Crippen molar-refractivity contribution in [1.82, 2.24) is 25.5 Å². The summed E-state index contributed by atoms with van der Waals surface area (Å²) >= 11 is 2.50. The van der Waals surface area contributed by atoms with Crippen LogP contribution in [0.1, 0.15) is 69.6 Å². The van der Waals surface area contributed by atoms with Gasteiger partial charge >= 0.3 is 0 Å². The van der Waals surface area contributed by atoms with Crippen molar-refractivity contribution in [1.29, 1.82) is 0 Å². The van der Waals surface area contributed by atoms with E-state index in [1.807, 2.05) is 7.05 Å². The normalized spacial score (nSPS) is 15.2. The fourth-order valence-electron chi connectivity index (χ4n) is 3.95. The molecule has 0 spiro atoms. The number of ketones is 4. The molecular formula is C24H27N5O4S2. The van der Waals surface area contributed by atoms with Crippen LogP contribution in [0.25, 0.3) is 0 Å². The van der Waals surface area contributed by atoms with Crippen LogP contribution in [0.5, 0.6) is 0 Å². The second-order valence-electron chi connectivity index (χ2n) is 8.54. The Morgan fingerprint density at radius 1 is 0.743 bits per heavy atom. The first-order valence-electron chi connectivity index (χ1n) is 11.5. The van der Waals surface area contributed by atoms with Gasteiger partial charge in [0.25, 0.3) is 0 Å². The molecule has 2 aliphatic carbocycles. The van der Waals surface area contributed by atoms with E-state index in [-0.39, 0.29) is 34.5 Å². The van der Waals surface area contributed by atoms with Gasteiger partial charge in [-0.3, -0.25) is 19.2 Å². The fraction of sp³-hybridized carbons (Fsp3) is 0.417. The zero-order valence-electron chi connectivity index (χ0n) is 19.9. The number of fused-ring (bicyclic) bond motifs is 2. The van der Waals surface area contributed by atoms with Crippen molar-refractivity contribution in [3.8, 4) is 0 Å². The minimum Gasteiger partial charge on any atom is -0.382 e. The maximum absolute atomic E-state index is 12.5. The van der Waals surface area contributed by atoms with Crippen LogP contribution in [0.15, 0.2) is 23.5 Å². The van der Waals surface area contributed by atoms with Gasteiger partial charge in [0.1, 0.15) is 21.1 Å². The molecule has 2 aromatic heterocycles. The lowest BCUT2D eigenvalue weighted by Gasteiger charge is -2.18. The largest absolute Gasteiger partial charge is 0.382 e. The molecule has 35 heavy (non-hydrogen) atoms. The Labute approximate surface area is 211 Å². The Morgan fingerprint density at radius 2 is 1.20 bits per heavy atom. The third kappa shape index (κ3) is 5.63. The van der Waals surface area contributed by atoms with Gasteiger partial charge in [-0.25, -0.2) is 9.97 Å². The number of Topliss-reactive ketones (excluding diaryl/α,β-unsaturated/α-hetero) is 2. The molecule has 0 unspecified atom stereocenters. The van der Waals surface area contributed by atoms with Gasteiger partial charge in [-0.05, 0) is 53.2 Å². The Bertz CT molecular complexity index is 1260. The number of aryl methyl sites for hydroxylation is 2. The van der Waals surface area contributed by atoms with E-state index in [4.69, 9.17) is 0 Å². The van der Waals surface area contributed by atoms with E-state index in [0.29, 0.717) is 44.3 Å². The van der Waals surface area contributed by atoms with E-state index in [0.717, 1.165) is 32.4 Å². The van der Waals surface area contributed by atoms with Crippen molar-refractivity contribution >= 4 is 45.8 Å². The topological polar surface area (TPSA) is 121 Å². The van der Waals surface area contributed by atoms with Gasteiger partial charge in [-0.15, -0.1) is 22.7 Å². The molecule has 0 radical (unpaired) electrons. The molecule has 0 atom stereocenters. The van der Waals surface area contributed by atoms with Crippen molar-refractivity contribution < 1.29 is 19.2 Å². The monoisotopic (exact) mass is 513 g/mol. The average molecular weight is 514 g/mol. The fourth-order valence-corrected chi connectivity index (χ4v) is 5.61. The summed E-state index contributed by atoms with van der Waals surface area (Å²) in [5.74, 6) is -0.781. The van der Waals surface area contributed by atoms with Crippen LogP contribution < -0.4 is 10.6 Å².